The highest BCUT2D eigenvalue weighted by Gasteiger charge is 2.14. The number of ether oxygens (including phenoxy) is 2. The predicted molar refractivity (Wildman–Crippen MR) is 130 cm³/mol. The Labute approximate surface area is 200 Å². The van der Waals surface area contributed by atoms with E-state index in [4.69, 9.17) is 9.47 Å². The van der Waals surface area contributed by atoms with Crippen LogP contribution in [0.4, 0.5) is 5.13 Å². The number of hydrogen-bond acceptors (Lipinski definition) is 7. The van der Waals surface area contributed by atoms with Crippen LogP contribution in [-0.4, -0.2) is 27.8 Å². The highest BCUT2D eigenvalue weighted by Crippen LogP contribution is 2.22. The molecule has 1 amide bonds. The molecule has 4 aromatic rings. The van der Waals surface area contributed by atoms with Gasteiger partial charge in [-0.2, -0.15) is 5.26 Å². The first-order valence-corrected chi connectivity index (χ1v) is 11.1. The van der Waals surface area contributed by atoms with Crippen molar-refractivity contribution in [2.24, 2.45) is 0 Å². The third kappa shape index (κ3) is 5.31. The molecule has 0 bridgehead atoms. The Bertz CT molecular complexity index is 1370. The number of benzene rings is 2. The average molecular weight is 472 g/mol. The van der Waals surface area contributed by atoms with Gasteiger partial charge in [0, 0.05) is 17.6 Å². The number of carbonyl (C=O) groups excluding carboxylic acids is 1. The first-order valence-electron chi connectivity index (χ1n) is 10.3. The molecule has 0 aliphatic heterocycles. The number of nitrogens with one attached hydrogen (secondary N) is 1. The van der Waals surface area contributed by atoms with Crippen molar-refractivity contribution in [2.75, 3.05) is 12.4 Å². The molecule has 0 saturated carbocycles. The fourth-order valence-corrected chi connectivity index (χ4v) is 3.82. The first-order chi connectivity index (χ1) is 16.6. The van der Waals surface area contributed by atoms with E-state index in [1.807, 2.05) is 84.4 Å². The number of methoxy groups -OCH3 is 1. The summed E-state index contributed by atoms with van der Waals surface area (Å²) in [4.78, 5) is 12.7. The van der Waals surface area contributed by atoms with Crippen LogP contribution in [0.2, 0.25) is 0 Å². The second-order valence-corrected chi connectivity index (χ2v) is 8.24. The topological polar surface area (TPSA) is 102 Å². The molecule has 2 heterocycles. The normalized spacial score (nSPS) is 11.0. The molecule has 9 heteroatoms. The van der Waals surface area contributed by atoms with Crippen LogP contribution in [-0.2, 0) is 11.4 Å². The zero-order valence-electron chi connectivity index (χ0n) is 18.6. The molecule has 0 radical (unpaired) electrons. The Morgan fingerprint density at radius 2 is 1.94 bits per heavy atom. The number of aromatic nitrogens is 3. The van der Waals surface area contributed by atoms with Gasteiger partial charge in [0.1, 0.15) is 29.7 Å². The number of nitriles is 1. The molecule has 0 saturated heterocycles. The number of amides is 1. The number of anilines is 1. The van der Waals surface area contributed by atoms with Crippen LogP contribution in [0.15, 0.2) is 72.4 Å². The van der Waals surface area contributed by atoms with Gasteiger partial charge in [0.2, 0.25) is 5.13 Å². The highest BCUT2D eigenvalue weighted by atomic mass is 32.1. The molecule has 0 fully saturated rings. The summed E-state index contributed by atoms with van der Waals surface area (Å²) < 4.78 is 12.8. The summed E-state index contributed by atoms with van der Waals surface area (Å²) in [5.41, 5.74) is 2.52. The summed E-state index contributed by atoms with van der Waals surface area (Å²) >= 11 is 1.19. The smallest absolute Gasteiger partial charge is 0.268 e. The zero-order valence-corrected chi connectivity index (χ0v) is 19.4. The Morgan fingerprint density at radius 1 is 1.15 bits per heavy atom. The van der Waals surface area contributed by atoms with Crippen molar-refractivity contribution in [2.45, 2.75) is 13.5 Å². The second-order valence-electron chi connectivity index (χ2n) is 7.18. The summed E-state index contributed by atoms with van der Waals surface area (Å²) in [7, 11) is 1.61. The maximum absolute atomic E-state index is 12.7. The van der Waals surface area contributed by atoms with Crippen molar-refractivity contribution in [3.8, 4) is 23.3 Å². The van der Waals surface area contributed by atoms with Gasteiger partial charge in [-0.15, -0.1) is 10.2 Å². The maximum Gasteiger partial charge on any atom is 0.268 e. The lowest BCUT2D eigenvalue weighted by Gasteiger charge is -2.08. The molecule has 1 N–H and O–H groups in total. The fraction of sp³-hybridized carbons (Fsp3) is 0.120. The molecule has 8 nitrogen and oxygen atoms in total. The molecule has 34 heavy (non-hydrogen) atoms. The van der Waals surface area contributed by atoms with E-state index in [0.717, 1.165) is 22.7 Å². The van der Waals surface area contributed by atoms with E-state index in [9.17, 15) is 10.1 Å². The number of nitrogens with zero attached hydrogens (tertiary/aromatic N) is 4. The van der Waals surface area contributed by atoms with Crippen LogP contribution in [0.25, 0.3) is 11.8 Å². The largest absolute Gasteiger partial charge is 0.497 e. The summed E-state index contributed by atoms with van der Waals surface area (Å²) in [5, 5.41) is 21.2. The second kappa shape index (κ2) is 10.5. The molecule has 0 unspecified atom stereocenters. The molecule has 0 spiro atoms. The van der Waals surface area contributed by atoms with E-state index in [1.165, 1.54) is 17.4 Å². The number of para-hydroxylation sites is 1. The van der Waals surface area contributed by atoms with Gasteiger partial charge in [0.15, 0.2) is 5.01 Å². The van der Waals surface area contributed by atoms with Gasteiger partial charge < -0.3 is 14.0 Å². The van der Waals surface area contributed by atoms with Crippen LogP contribution in [0.1, 0.15) is 16.3 Å². The average Bonchev–Trinajstić information content (AvgIpc) is 3.51. The summed E-state index contributed by atoms with van der Waals surface area (Å²) in [6.07, 6.45) is 3.38. The van der Waals surface area contributed by atoms with E-state index in [2.05, 4.69) is 15.5 Å². The predicted octanol–water partition coefficient (Wildman–Crippen LogP) is 4.77. The third-order valence-electron chi connectivity index (χ3n) is 4.92. The standard InChI is InChI=1S/C25H21N5O3S/c1-17-6-3-4-8-22(17)33-16-23-28-29-25(34-23)27-24(31)18(15-26)14-20-7-5-13-30(20)19-9-11-21(32-2)12-10-19/h3-14H,16H2,1-2H3,(H,27,29,31). The molecule has 2 aromatic heterocycles. The van der Waals surface area contributed by atoms with Crippen LogP contribution in [0.3, 0.4) is 0 Å². The lowest BCUT2D eigenvalue weighted by Crippen LogP contribution is -2.13. The van der Waals surface area contributed by atoms with E-state index in [-0.39, 0.29) is 12.2 Å². The Balaban J connectivity index is 1.44. The van der Waals surface area contributed by atoms with Crippen molar-refractivity contribution < 1.29 is 14.3 Å². The molecule has 2 aromatic carbocycles. The molecular formula is C25H21N5O3S. The van der Waals surface area contributed by atoms with Crippen molar-refractivity contribution in [3.63, 3.8) is 0 Å². The maximum atomic E-state index is 12.7. The van der Waals surface area contributed by atoms with Gasteiger partial charge in [-0.25, -0.2) is 0 Å². The van der Waals surface area contributed by atoms with Gasteiger partial charge in [-0.1, -0.05) is 29.5 Å². The summed E-state index contributed by atoms with van der Waals surface area (Å²) in [5.74, 6) is 0.941. The fourth-order valence-electron chi connectivity index (χ4n) is 3.17. The number of rotatable bonds is 8. The van der Waals surface area contributed by atoms with Crippen LogP contribution in [0, 0.1) is 18.3 Å². The minimum Gasteiger partial charge on any atom is -0.497 e. The first kappa shape index (κ1) is 22.8. The Kier molecular flexibility index (Phi) is 7.01. The molecular weight excluding hydrogens is 450 g/mol. The molecule has 0 atom stereocenters. The highest BCUT2D eigenvalue weighted by molar-refractivity contribution is 7.15. The SMILES string of the molecule is COc1ccc(-n2cccc2C=C(C#N)C(=O)Nc2nnc(COc3ccccc3C)s2)cc1. The van der Waals surface area contributed by atoms with E-state index in [1.54, 1.807) is 7.11 Å². The van der Waals surface area contributed by atoms with E-state index in [0.29, 0.717) is 15.8 Å². The van der Waals surface area contributed by atoms with E-state index < -0.39 is 5.91 Å². The summed E-state index contributed by atoms with van der Waals surface area (Å²) in [6.45, 7) is 2.19. The van der Waals surface area contributed by atoms with Gasteiger partial charge in [0.25, 0.3) is 5.91 Å². The van der Waals surface area contributed by atoms with Crippen molar-refractivity contribution in [1.29, 1.82) is 5.26 Å². The van der Waals surface area contributed by atoms with Crippen molar-refractivity contribution in [3.05, 3.63) is 88.7 Å². The molecule has 4 rings (SSSR count). The van der Waals surface area contributed by atoms with Gasteiger partial charge in [0.05, 0.1) is 7.11 Å². The zero-order chi connectivity index (χ0) is 23.9. The quantitative estimate of drug-likeness (QED) is 0.293. The lowest BCUT2D eigenvalue weighted by molar-refractivity contribution is -0.112. The van der Waals surface area contributed by atoms with Crippen molar-refractivity contribution >= 4 is 28.5 Å². The Morgan fingerprint density at radius 3 is 2.68 bits per heavy atom. The van der Waals surface area contributed by atoms with Crippen LogP contribution < -0.4 is 14.8 Å². The molecule has 0 aliphatic rings. The molecule has 170 valence electrons. The van der Waals surface area contributed by atoms with Crippen LogP contribution in [0.5, 0.6) is 11.5 Å². The number of aryl methyl sites for hydroxylation is 1. The van der Waals surface area contributed by atoms with Gasteiger partial charge in [-0.3, -0.25) is 10.1 Å². The Hall–Kier alpha value is -4.42. The van der Waals surface area contributed by atoms with Gasteiger partial charge in [-0.05, 0) is 61.0 Å². The minimum absolute atomic E-state index is 0.0543. The minimum atomic E-state index is -0.562. The van der Waals surface area contributed by atoms with Gasteiger partial charge >= 0.3 is 0 Å². The number of carbonyl (C=O) groups is 1. The summed E-state index contributed by atoms with van der Waals surface area (Å²) in [6, 6.07) is 20.8. The lowest BCUT2D eigenvalue weighted by atomic mass is 10.2. The number of hydrogen-bond donors (Lipinski definition) is 1. The van der Waals surface area contributed by atoms with E-state index >= 15 is 0 Å². The third-order valence-corrected chi connectivity index (χ3v) is 5.73. The van der Waals surface area contributed by atoms with Crippen molar-refractivity contribution in [1.82, 2.24) is 14.8 Å². The monoisotopic (exact) mass is 471 g/mol. The molecule has 0 aliphatic carbocycles. The van der Waals surface area contributed by atoms with Crippen LogP contribution >= 0.6 is 11.3 Å².